The van der Waals surface area contributed by atoms with Crippen LogP contribution in [0, 0.1) is 5.82 Å². The zero-order valence-corrected chi connectivity index (χ0v) is 14.7. The highest BCUT2D eigenvalue weighted by Crippen LogP contribution is 2.19. The molecule has 0 bridgehead atoms. The summed E-state index contributed by atoms with van der Waals surface area (Å²) in [5.41, 5.74) is 0.645. The molecule has 1 unspecified atom stereocenters. The molecule has 0 fully saturated rings. The van der Waals surface area contributed by atoms with Gasteiger partial charge in [0, 0.05) is 5.69 Å². The van der Waals surface area contributed by atoms with Gasteiger partial charge in [-0.3, -0.25) is 9.52 Å². The number of carbonyl (C=O) groups excluding carboxylic acids is 1. The van der Waals surface area contributed by atoms with Gasteiger partial charge in [-0.1, -0.05) is 6.07 Å². The molecule has 0 aromatic heterocycles. The third-order valence-electron chi connectivity index (χ3n) is 3.23. The van der Waals surface area contributed by atoms with E-state index in [0.717, 1.165) is 6.07 Å². The molecule has 0 radical (unpaired) electrons. The van der Waals surface area contributed by atoms with Crippen LogP contribution in [0.1, 0.15) is 6.92 Å². The normalized spacial score (nSPS) is 12.5. The molecule has 2 aromatic carbocycles. The second-order valence-electron chi connectivity index (χ2n) is 5.01. The van der Waals surface area contributed by atoms with Gasteiger partial charge in [0.15, 0.2) is 0 Å². The molecule has 0 spiro atoms. The largest absolute Gasteiger partial charge is 0.325 e. The molecule has 2 rings (SSSR count). The molecule has 2 N–H and O–H groups in total. The minimum atomic E-state index is -3.83. The number of halogens is 1. The van der Waals surface area contributed by atoms with Gasteiger partial charge in [-0.15, -0.1) is 0 Å². The van der Waals surface area contributed by atoms with Gasteiger partial charge in [-0.2, -0.15) is 11.8 Å². The van der Waals surface area contributed by atoms with E-state index in [1.54, 1.807) is 6.92 Å². The first kappa shape index (κ1) is 18.3. The lowest BCUT2D eigenvalue weighted by atomic mass is 10.3. The van der Waals surface area contributed by atoms with Gasteiger partial charge in [0.1, 0.15) is 5.82 Å². The molecular weight excluding hydrogens is 351 g/mol. The van der Waals surface area contributed by atoms with E-state index in [2.05, 4.69) is 10.0 Å². The number of carbonyl (C=O) groups is 1. The molecule has 8 heteroatoms. The standard InChI is InChI=1S/C16H17FN2O3S2/c1-11(23-2)16(20)18-13-6-8-15(9-7-13)24(21,22)19-14-5-3-4-12(17)10-14/h3-11,19H,1-2H3,(H,18,20). The molecule has 0 aliphatic carbocycles. The molecule has 0 saturated carbocycles. The minimum absolute atomic E-state index is 0.0164. The summed E-state index contributed by atoms with van der Waals surface area (Å²) in [6, 6.07) is 11.0. The van der Waals surface area contributed by atoms with Crippen molar-refractivity contribution in [3.05, 3.63) is 54.3 Å². The smallest absolute Gasteiger partial charge is 0.261 e. The zero-order chi connectivity index (χ0) is 17.7. The number of thioether (sulfide) groups is 1. The number of benzene rings is 2. The summed E-state index contributed by atoms with van der Waals surface area (Å²) in [6.45, 7) is 1.78. The molecule has 24 heavy (non-hydrogen) atoms. The van der Waals surface area contributed by atoms with E-state index in [1.165, 1.54) is 54.2 Å². The van der Waals surface area contributed by atoms with Crippen LogP contribution in [0.5, 0.6) is 0 Å². The van der Waals surface area contributed by atoms with Crippen molar-refractivity contribution >= 4 is 39.1 Å². The number of sulfonamides is 1. The first-order valence-corrected chi connectivity index (χ1v) is 9.81. The first-order valence-electron chi connectivity index (χ1n) is 7.04. The van der Waals surface area contributed by atoms with Gasteiger partial charge in [0.05, 0.1) is 15.8 Å². The van der Waals surface area contributed by atoms with E-state index in [9.17, 15) is 17.6 Å². The Morgan fingerprint density at radius 1 is 1.12 bits per heavy atom. The fraction of sp³-hybridized carbons (Fsp3) is 0.188. The molecule has 5 nitrogen and oxygen atoms in total. The second-order valence-corrected chi connectivity index (χ2v) is 7.87. The molecule has 1 atom stereocenters. The van der Waals surface area contributed by atoms with E-state index in [4.69, 9.17) is 0 Å². The maximum Gasteiger partial charge on any atom is 0.261 e. The summed E-state index contributed by atoms with van der Waals surface area (Å²) in [6.07, 6.45) is 1.83. The van der Waals surface area contributed by atoms with Crippen LogP contribution in [0.15, 0.2) is 53.4 Å². The highest BCUT2D eigenvalue weighted by atomic mass is 32.2. The number of amides is 1. The van der Waals surface area contributed by atoms with Crippen LogP contribution in [-0.4, -0.2) is 25.8 Å². The summed E-state index contributed by atoms with van der Waals surface area (Å²) < 4.78 is 40.0. The SMILES string of the molecule is CSC(C)C(=O)Nc1ccc(S(=O)(=O)Nc2cccc(F)c2)cc1. The van der Waals surface area contributed by atoms with Gasteiger partial charge in [0.25, 0.3) is 10.0 Å². The van der Waals surface area contributed by atoms with Crippen LogP contribution in [0.25, 0.3) is 0 Å². The molecule has 0 aliphatic rings. The van der Waals surface area contributed by atoms with Crippen molar-refractivity contribution < 1.29 is 17.6 Å². The van der Waals surface area contributed by atoms with E-state index in [-0.39, 0.29) is 21.7 Å². The second kappa shape index (κ2) is 7.67. The maximum atomic E-state index is 13.1. The molecule has 2 aromatic rings. The average Bonchev–Trinajstić information content (AvgIpc) is 2.54. The number of nitrogens with one attached hydrogen (secondary N) is 2. The van der Waals surface area contributed by atoms with E-state index >= 15 is 0 Å². The van der Waals surface area contributed by atoms with Crippen molar-refractivity contribution in [1.29, 1.82) is 0 Å². The van der Waals surface area contributed by atoms with Gasteiger partial charge < -0.3 is 5.32 Å². The zero-order valence-electron chi connectivity index (χ0n) is 13.1. The van der Waals surface area contributed by atoms with Crippen LogP contribution >= 0.6 is 11.8 Å². The van der Waals surface area contributed by atoms with Gasteiger partial charge >= 0.3 is 0 Å². The summed E-state index contributed by atoms with van der Waals surface area (Å²) in [5, 5.41) is 2.50. The Hall–Kier alpha value is -2.06. The fourth-order valence-electron chi connectivity index (χ4n) is 1.83. The van der Waals surface area contributed by atoms with Gasteiger partial charge in [0.2, 0.25) is 5.91 Å². The number of rotatable bonds is 6. The van der Waals surface area contributed by atoms with Crippen LogP contribution < -0.4 is 10.0 Å². The Bertz CT molecular complexity index is 823. The predicted octanol–water partition coefficient (Wildman–Crippen LogP) is 3.32. The molecule has 128 valence electrons. The predicted molar refractivity (Wildman–Crippen MR) is 95.3 cm³/mol. The Balaban J connectivity index is 2.13. The van der Waals surface area contributed by atoms with Crippen LogP contribution in [0.3, 0.4) is 0 Å². The summed E-state index contributed by atoms with van der Waals surface area (Å²) in [7, 11) is -3.83. The van der Waals surface area contributed by atoms with Crippen LogP contribution in [0.4, 0.5) is 15.8 Å². The van der Waals surface area contributed by atoms with Crippen molar-refractivity contribution in [3.8, 4) is 0 Å². The monoisotopic (exact) mass is 368 g/mol. The molecule has 0 saturated heterocycles. The Morgan fingerprint density at radius 3 is 2.38 bits per heavy atom. The summed E-state index contributed by atoms with van der Waals surface area (Å²) in [4.78, 5) is 11.8. The first-order chi connectivity index (χ1) is 11.3. The third kappa shape index (κ3) is 4.72. The fourth-order valence-corrected chi connectivity index (χ4v) is 3.16. The van der Waals surface area contributed by atoms with Gasteiger partial charge in [-0.05, 0) is 55.6 Å². The number of hydrogen-bond donors (Lipinski definition) is 2. The Kier molecular flexibility index (Phi) is 5.84. The molecule has 0 aliphatic heterocycles. The topological polar surface area (TPSA) is 75.3 Å². The van der Waals surface area contributed by atoms with E-state index in [0.29, 0.717) is 5.69 Å². The summed E-state index contributed by atoms with van der Waals surface area (Å²) >= 11 is 1.41. The van der Waals surface area contributed by atoms with Crippen molar-refractivity contribution in [3.63, 3.8) is 0 Å². The summed E-state index contributed by atoms with van der Waals surface area (Å²) in [5.74, 6) is -0.688. The van der Waals surface area contributed by atoms with E-state index in [1.807, 2.05) is 6.26 Å². The Labute approximate surface area is 144 Å². The highest BCUT2D eigenvalue weighted by molar-refractivity contribution is 7.99. The average molecular weight is 368 g/mol. The lowest BCUT2D eigenvalue weighted by Gasteiger charge is -2.11. The van der Waals surface area contributed by atoms with Crippen molar-refractivity contribution in [2.75, 3.05) is 16.3 Å². The molecule has 1 amide bonds. The van der Waals surface area contributed by atoms with E-state index < -0.39 is 15.8 Å². The Morgan fingerprint density at radius 2 is 1.79 bits per heavy atom. The molecule has 0 heterocycles. The van der Waals surface area contributed by atoms with Crippen molar-refractivity contribution in [2.24, 2.45) is 0 Å². The van der Waals surface area contributed by atoms with Crippen molar-refractivity contribution in [2.45, 2.75) is 17.1 Å². The van der Waals surface area contributed by atoms with Crippen LogP contribution in [0.2, 0.25) is 0 Å². The number of hydrogen-bond acceptors (Lipinski definition) is 4. The van der Waals surface area contributed by atoms with Gasteiger partial charge in [-0.25, -0.2) is 12.8 Å². The maximum absolute atomic E-state index is 13.1. The number of anilines is 2. The quantitative estimate of drug-likeness (QED) is 0.820. The highest BCUT2D eigenvalue weighted by Gasteiger charge is 2.15. The molecular formula is C16H17FN2O3S2. The van der Waals surface area contributed by atoms with Crippen molar-refractivity contribution in [1.82, 2.24) is 0 Å². The third-order valence-corrected chi connectivity index (χ3v) is 5.55. The minimum Gasteiger partial charge on any atom is -0.325 e. The lowest BCUT2D eigenvalue weighted by molar-refractivity contribution is -0.115. The lowest BCUT2D eigenvalue weighted by Crippen LogP contribution is -2.22. The van der Waals surface area contributed by atoms with Crippen LogP contribution in [-0.2, 0) is 14.8 Å².